The smallest absolute Gasteiger partial charge is 0.0705 e. The maximum Gasteiger partial charge on any atom is 0.0705 e. The van der Waals surface area contributed by atoms with E-state index in [9.17, 15) is 0 Å². The molecule has 0 unspecified atom stereocenters. The van der Waals surface area contributed by atoms with Crippen molar-refractivity contribution in [3.05, 3.63) is 54.7 Å². The van der Waals surface area contributed by atoms with E-state index in [4.69, 9.17) is 5.73 Å². The van der Waals surface area contributed by atoms with Crippen molar-refractivity contribution < 1.29 is 0 Å². The first-order chi connectivity index (χ1) is 7.83. The van der Waals surface area contributed by atoms with E-state index >= 15 is 0 Å². The molecule has 0 aliphatic rings. The molecule has 0 spiro atoms. The van der Waals surface area contributed by atoms with Crippen molar-refractivity contribution in [2.75, 3.05) is 0 Å². The fourth-order valence-corrected chi connectivity index (χ4v) is 1.89. The van der Waals surface area contributed by atoms with Crippen molar-refractivity contribution in [1.29, 1.82) is 0 Å². The summed E-state index contributed by atoms with van der Waals surface area (Å²) in [7, 11) is 0. The van der Waals surface area contributed by atoms with Gasteiger partial charge < -0.3 is 5.73 Å². The van der Waals surface area contributed by atoms with Crippen LogP contribution in [0.25, 0.3) is 10.9 Å². The van der Waals surface area contributed by atoms with E-state index in [1.165, 1.54) is 5.56 Å². The Labute approximate surface area is 95.8 Å². The van der Waals surface area contributed by atoms with Crippen LogP contribution in [0, 0.1) is 0 Å². The molecular weight excluding hydrogens is 196 g/mol. The monoisotopic (exact) mass is 212 g/mol. The van der Waals surface area contributed by atoms with E-state index in [-0.39, 0.29) is 6.04 Å². The molecule has 2 heteroatoms. The lowest BCUT2D eigenvalue weighted by atomic mass is 9.99. The zero-order valence-corrected chi connectivity index (χ0v) is 9.26. The molecule has 1 atom stereocenters. The number of hydrogen-bond donors (Lipinski definition) is 1. The van der Waals surface area contributed by atoms with Gasteiger partial charge in [0.15, 0.2) is 0 Å². The third-order valence-corrected chi connectivity index (χ3v) is 2.76. The van der Waals surface area contributed by atoms with Gasteiger partial charge in [0.1, 0.15) is 0 Å². The molecule has 0 radical (unpaired) electrons. The van der Waals surface area contributed by atoms with Crippen molar-refractivity contribution in [1.82, 2.24) is 4.98 Å². The van der Waals surface area contributed by atoms with E-state index in [1.54, 1.807) is 0 Å². The lowest BCUT2D eigenvalue weighted by Crippen LogP contribution is -2.10. The first-order valence-corrected chi connectivity index (χ1v) is 5.53. The van der Waals surface area contributed by atoms with Crippen LogP contribution in [0.4, 0.5) is 0 Å². The first-order valence-electron chi connectivity index (χ1n) is 5.53. The van der Waals surface area contributed by atoms with Gasteiger partial charge in [0.25, 0.3) is 0 Å². The Bertz CT molecular complexity index is 486. The molecule has 2 aromatic rings. The summed E-state index contributed by atoms with van der Waals surface area (Å²) in [5.41, 5.74) is 8.35. The molecule has 0 fully saturated rings. The molecule has 0 bridgehead atoms. The van der Waals surface area contributed by atoms with Crippen molar-refractivity contribution in [2.45, 2.75) is 18.9 Å². The topological polar surface area (TPSA) is 38.9 Å². The van der Waals surface area contributed by atoms with Crippen LogP contribution in [0.1, 0.15) is 24.4 Å². The molecule has 0 amide bonds. The summed E-state index contributed by atoms with van der Waals surface area (Å²) in [4.78, 5) is 4.33. The van der Waals surface area contributed by atoms with E-state index in [0.717, 1.165) is 23.7 Å². The summed E-state index contributed by atoms with van der Waals surface area (Å²) < 4.78 is 0. The number of rotatable bonds is 4. The van der Waals surface area contributed by atoms with Crippen molar-refractivity contribution >= 4 is 10.9 Å². The minimum absolute atomic E-state index is 0.0610. The Balaban J connectivity index is 2.39. The minimum atomic E-state index is 0.0610. The SMILES string of the molecule is C=CCC[C@H](N)c1ccnc2ccccc12. The van der Waals surface area contributed by atoms with E-state index in [2.05, 4.69) is 17.6 Å². The average molecular weight is 212 g/mol. The Hall–Kier alpha value is -1.67. The minimum Gasteiger partial charge on any atom is -0.324 e. The number of benzene rings is 1. The van der Waals surface area contributed by atoms with Gasteiger partial charge in [-0.1, -0.05) is 24.3 Å². The molecular formula is C14H16N2. The molecule has 0 aliphatic heterocycles. The molecule has 82 valence electrons. The molecule has 1 heterocycles. The highest BCUT2D eigenvalue weighted by atomic mass is 14.7. The number of nitrogens with zero attached hydrogens (tertiary/aromatic N) is 1. The predicted octanol–water partition coefficient (Wildman–Crippen LogP) is 3.20. The molecule has 1 aromatic heterocycles. The quantitative estimate of drug-likeness (QED) is 0.790. The molecule has 0 saturated carbocycles. The second-order valence-corrected chi connectivity index (χ2v) is 3.89. The van der Waals surface area contributed by atoms with Crippen molar-refractivity contribution in [3.63, 3.8) is 0 Å². The fraction of sp³-hybridized carbons (Fsp3) is 0.214. The molecule has 2 nitrogen and oxygen atoms in total. The largest absolute Gasteiger partial charge is 0.324 e. The lowest BCUT2D eigenvalue weighted by molar-refractivity contribution is 0.665. The van der Waals surface area contributed by atoms with E-state index in [1.807, 2.05) is 36.5 Å². The summed E-state index contributed by atoms with van der Waals surface area (Å²) in [6.45, 7) is 3.72. The van der Waals surface area contributed by atoms with Crippen LogP contribution in [0.2, 0.25) is 0 Å². The second-order valence-electron chi connectivity index (χ2n) is 3.89. The molecule has 2 N–H and O–H groups in total. The maximum atomic E-state index is 6.17. The van der Waals surface area contributed by atoms with Crippen molar-refractivity contribution in [2.24, 2.45) is 5.73 Å². The third kappa shape index (κ3) is 2.12. The molecule has 0 saturated heterocycles. The number of hydrogen-bond acceptors (Lipinski definition) is 2. The van der Waals surface area contributed by atoms with Crippen LogP contribution in [0.3, 0.4) is 0 Å². The Morgan fingerprint density at radius 3 is 2.94 bits per heavy atom. The van der Waals surface area contributed by atoms with Gasteiger partial charge in [-0.3, -0.25) is 4.98 Å². The van der Waals surface area contributed by atoms with Crippen LogP contribution in [0.5, 0.6) is 0 Å². The van der Waals surface area contributed by atoms with Gasteiger partial charge >= 0.3 is 0 Å². The van der Waals surface area contributed by atoms with Gasteiger partial charge in [-0.25, -0.2) is 0 Å². The van der Waals surface area contributed by atoms with Crippen LogP contribution in [-0.4, -0.2) is 4.98 Å². The van der Waals surface area contributed by atoms with Crippen LogP contribution < -0.4 is 5.73 Å². The molecule has 2 rings (SSSR count). The number of aromatic nitrogens is 1. The van der Waals surface area contributed by atoms with Crippen LogP contribution in [0.15, 0.2) is 49.2 Å². The highest BCUT2D eigenvalue weighted by molar-refractivity contribution is 5.82. The predicted molar refractivity (Wildman–Crippen MR) is 68.1 cm³/mol. The Kier molecular flexibility index (Phi) is 3.32. The van der Waals surface area contributed by atoms with Crippen LogP contribution in [-0.2, 0) is 0 Å². The first kappa shape index (κ1) is 10.8. The highest BCUT2D eigenvalue weighted by Crippen LogP contribution is 2.23. The van der Waals surface area contributed by atoms with E-state index < -0.39 is 0 Å². The molecule has 1 aromatic carbocycles. The number of pyridine rings is 1. The summed E-state index contributed by atoms with van der Waals surface area (Å²) in [5.74, 6) is 0. The fourth-order valence-electron chi connectivity index (χ4n) is 1.89. The van der Waals surface area contributed by atoms with Gasteiger partial charge in [0, 0.05) is 17.6 Å². The maximum absolute atomic E-state index is 6.17. The standard InChI is InChI=1S/C14H16N2/c1-2-3-7-13(15)11-9-10-16-14-8-5-4-6-12(11)14/h2,4-6,8-10,13H,1,3,7,15H2/t13-/m0/s1. The number of nitrogens with two attached hydrogens (primary N) is 1. The van der Waals surface area contributed by atoms with Gasteiger partial charge in [-0.15, -0.1) is 6.58 Å². The molecule has 16 heavy (non-hydrogen) atoms. The summed E-state index contributed by atoms with van der Waals surface area (Å²) in [6, 6.07) is 10.2. The van der Waals surface area contributed by atoms with Gasteiger partial charge in [0.2, 0.25) is 0 Å². The Morgan fingerprint density at radius 2 is 2.12 bits per heavy atom. The van der Waals surface area contributed by atoms with Gasteiger partial charge in [-0.05, 0) is 30.5 Å². The highest BCUT2D eigenvalue weighted by Gasteiger charge is 2.08. The number of allylic oxidation sites excluding steroid dienone is 1. The third-order valence-electron chi connectivity index (χ3n) is 2.76. The normalized spacial score (nSPS) is 12.6. The average Bonchev–Trinajstić information content (AvgIpc) is 2.35. The van der Waals surface area contributed by atoms with Gasteiger partial charge in [-0.2, -0.15) is 0 Å². The second kappa shape index (κ2) is 4.90. The Morgan fingerprint density at radius 1 is 1.31 bits per heavy atom. The summed E-state index contributed by atoms with van der Waals surface area (Å²) in [6.07, 6.45) is 5.60. The lowest BCUT2D eigenvalue weighted by Gasteiger charge is -2.13. The summed E-state index contributed by atoms with van der Waals surface area (Å²) in [5, 5.41) is 1.15. The number of fused-ring (bicyclic) bond motifs is 1. The molecule has 0 aliphatic carbocycles. The van der Waals surface area contributed by atoms with Crippen LogP contribution >= 0.6 is 0 Å². The zero-order valence-electron chi connectivity index (χ0n) is 9.26. The van der Waals surface area contributed by atoms with Crippen molar-refractivity contribution in [3.8, 4) is 0 Å². The number of para-hydroxylation sites is 1. The summed E-state index contributed by atoms with van der Waals surface area (Å²) >= 11 is 0. The zero-order chi connectivity index (χ0) is 11.4. The van der Waals surface area contributed by atoms with Gasteiger partial charge in [0.05, 0.1) is 5.52 Å². The van der Waals surface area contributed by atoms with E-state index in [0.29, 0.717) is 0 Å².